The van der Waals surface area contributed by atoms with Crippen molar-refractivity contribution in [3.05, 3.63) is 23.6 Å². The SMILES string of the molecule is COC(=O)C1=CC(F)=CC2=NNC(=O)C12. The summed E-state index contributed by atoms with van der Waals surface area (Å²) in [5.74, 6) is -2.66. The molecule has 0 saturated heterocycles. The maximum atomic E-state index is 13.1. The van der Waals surface area contributed by atoms with Crippen molar-refractivity contribution in [1.82, 2.24) is 5.43 Å². The number of methoxy groups -OCH3 is 1. The van der Waals surface area contributed by atoms with E-state index in [-0.39, 0.29) is 11.3 Å². The molecule has 1 aliphatic heterocycles. The van der Waals surface area contributed by atoms with E-state index in [0.717, 1.165) is 12.2 Å². The van der Waals surface area contributed by atoms with Crippen LogP contribution in [0, 0.1) is 5.92 Å². The summed E-state index contributed by atoms with van der Waals surface area (Å²) in [7, 11) is 1.17. The maximum absolute atomic E-state index is 13.1. The van der Waals surface area contributed by atoms with Crippen molar-refractivity contribution >= 4 is 17.6 Å². The largest absolute Gasteiger partial charge is 0.466 e. The molecule has 1 amide bonds. The van der Waals surface area contributed by atoms with E-state index in [9.17, 15) is 14.0 Å². The molecule has 0 bridgehead atoms. The lowest BCUT2D eigenvalue weighted by Gasteiger charge is -2.14. The molecule has 15 heavy (non-hydrogen) atoms. The number of amides is 1. The Morgan fingerprint density at radius 1 is 1.60 bits per heavy atom. The number of nitrogens with one attached hydrogen (secondary N) is 1. The van der Waals surface area contributed by atoms with E-state index >= 15 is 0 Å². The van der Waals surface area contributed by atoms with Crippen LogP contribution in [-0.2, 0) is 14.3 Å². The van der Waals surface area contributed by atoms with Crippen LogP contribution in [0.5, 0.6) is 0 Å². The highest BCUT2D eigenvalue weighted by Gasteiger charge is 2.38. The third-order valence-electron chi connectivity index (χ3n) is 2.16. The molecule has 1 aliphatic carbocycles. The van der Waals surface area contributed by atoms with Crippen molar-refractivity contribution in [2.45, 2.75) is 0 Å². The van der Waals surface area contributed by atoms with E-state index in [1.807, 2.05) is 0 Å². The first-order valence-electron chi connectivity index (χ1n) is 4.18. The number of hydrogen-bond donors (Lipinski definition) is 1. The lowest BCUT2D eigenvalue weighted by atomic mass is 9.89. The van der Waals surface area contributed by atoms with E-state index in [2.05, 4.69) is 15.3 Å². The first-order valence-corrected chi connectivity index (χ1v) is 4.18. The first-order chi connectivity index (χ1) is 7.13. The Bertz CT molecular complexity index is 437. The average molecular weight is 210 g/mol. The third-order valence-corrected chi connectivity index (χ3v) is 2.16. The fourth-order valence-corrected chi connectivity index (χ4v) is 1.51. The number of rotatable bonds is 1. The van der Waals surface area contributed by atoms with Gasteiger partial charge in [-0.2, -0.15) is 5.10 Å². The van der Waals surface area contributed by atoms with Gasteiger partial charge in [-0.15, -0.1) is 0 Å². The minimum absolute atomic E-state index is 0.0359. The third kappa shape index (κ3) is 1.43. The van der Waals surface area contributed by atoms with Gasteiger partial charge in [0.15, 0.2) is 0 Å². The van der Waals surface area contributed by atoms with Gasteiger partial charge in [0.25, 0.3) is 5.91 Å². The molecule has 1 unspecified atom stereocenters. The Hall–Kier alpha value is -1.98. The van der Waals surface area contributed by atoms with Gasteiger partial charge in [-0.3, -0.25) is 4.79 Å². The summed E-state index contributed by atoms with van der Waals surface area (Å²) in [5.41, 5.74) is 2.34. The van der Waals surface area contributed by atoms with Gasteiger partial charge in [0.05, 0.1) is 18.4 Å². The van der Waals surface area contributed by atoms with Crippen molar-refractivity contribution in [2.75, 3.05) is 7.11 Å². The summed E-state index contributed by atoms with van der Waals surface area (Å²) in [6, 6.07) is 0. The van der Waals surface area contributed by atoms with Crippen LogP contribution in [0.4, 0.5) is 4.39 Å². The Kier molecular flexibility index (Phi) is 2.11. The van der Waals surface area contributed by atoms with Crippen LogP contribution in [0.2, 0.25) is 0 Å². The van der Waals surface area contributed by atoms with Gasteiger partial charge in [0.1, 0.15) is 11.7 Å². The van der Waals surface area contributed by atoms with Gasteiger partial charge in [-0.1, -0.05) is 0 Å². The zero-order valence-corrected chi connectivity index (χ0v) is 7.78. The summed E-state index contributed by atoms with van der Waals surface area (Å²) < 4.78 is 17.5. The van der Waals surface area contributed by atoms with Gasteiger partial charge in [0.2, 0.25) is 0 Å². The number of allylic oxidation sites excluding steroid dienone is 3. The summed E-state index contributed by atoms with van der Waals surface area (Å²) in [4.78, 5) is 22.6. The Morgan fingerprint density at radius 3 is 3.00 bits per heavy atom. The van der Waals surface area contributed by atoms with Crippen molar-refractivity contribution in [3.8, 4) is 0 Å². The Labute approximate surface area is 84.3 Å². The molecule has 0 spiro atoms. The first kappa shape index (κ1) is 9.57. The lowest BCUT2D eigenvalue weighted by Crippen LogP contribution is -2.30. The summed E-state index contributed by atoms with van der Waals surface area (Å²) in [6.45, 7) is 0. The van der Waals surface area contributed by atoms with Gasteiger partial charge in [-0.05, 0) is 12.2 Å². The molecule has 0 saturated carbocycles. The number of fused-ring (bicyclic) bond motifs is 1. The predicted molar refractivity (Wildman–Crippen MR) is 48.4 cm³/mol. The van der Waals surface area contributed by atoms with E-state index < -0.39 is 23.6 Å². The van der Waals surface area contributed by atoms with Gasteiger partial charge >= 0.3 is 5.97 Å². The quantitative estimate of drug-likeness (QED) is 0.622. The van der Waals surface area contributed by atoms with E-state index in [0.29, 0.717) is 0 Å². The molecule has 0 aromatic heterocycles. The number of ether oxygens (including phenoxy) is 1. The molecule has 5 nitrogen and oxygen atoms in total. The molecule has 1 atom stereocenters. The molecular formula is C9H7FN2O3. The number of hydrazone groups is 1. The molecular weight excluding hydrogens is 203 g/mol. The molecule has 0 aromatic rings. The van der Waals surface area contributed by atoms with Gasteiger partial charge < -0.3 is 4.74 Å². The Morgan fingerprint density at radius 2 is 2.33 bits per heavy atom. The molecule has 0 radical (unpaired) electrons. The van der Waals surface area contributed by atoms with E-state index in [1.165, 1.54) is 7.11 Å². The highest BCUT2D eigenvalue weighted by molar-refractivity contribution is 6.20. The van der Waals surface area contributed by atoms with Crippen LogP contribution in [0.3, 0.4) is 0 Å². The number of nitrogens with zero attached hydrogens (tertiary/aromatic N) is 1. The molecule has 2 aliphatic rings. The summed E-state index contributed by atoms with van der Waals surface area (Å²) in [6.07, 6.45) is 2.09. The lowest BCUT2D eigenvalue weighted by molar-refractivity contribution is -0.137. The van der Waals surface area contributed by atoms with Crippen LogP contribution >= 0.6 is 0 Å². The molecule has 1 heterocycles. The fraction of sp³-hybridized carbons (Fsp3) is 0.222. The second-order valence-corrected chi connectivity index (χ2v) is 3.07. The summed E-state index contributed by atoms with van der Waals surface area (Å²) in [5, 5.41) is 3.61. The topological polar surface area (TPSA) is 67.8 Å². The highest BCUT2D eigenvalue weighted by Crippen LogP contribution is 2.26. The van der Waals surface area contributed by atoms with Crippen LogP contribution in [-0.4, -0.2) is 24.7 Å². The van der Waals surface area contributed by atoms with Crippen LogP contribution in [0.25, 0.3) is 0 Å². The molecule has 2 rings (SSSR count). The minimum atomic E-state index is -0.850. The number of carbonyl (C=O) groups excluding carboxylic acids is 2. The second-order valence-electron chi connectivity index (χ2n) is 3.07. The van der Waals surface area contributed by atoms with E-state index in [4.69, 9.17) is 0 Å². The van der Waals surface area contributed by atoms with Crippen molar-refractivity contribution in [2.24, 2.45) is 11.0 Å². The highest BCUT2D eigenvalue weighted by atomic mass is 19.1. The number of halogens is 1. The molecule has 1 N–H and O–H groups in total. The van der Waals surface area contributed by atoms with E-state index in [1.54, 1.807) is 0 Å². The average Bonchev–Trinajstić information content (AvgIpc) is 2.58. The number of hydrogen-bond acceptors (Lipinski definition) is 4. The monoisotopic (exact) mass is 210 g/mol. The minimum Gasteiger partial charge on any atom is -0.466 e. The zero-order chi connectivity index (χ0) is 11.0. The van der Waals surface area contributed by atoms with Crippen LogP contribution < -0.4 is 5.43 Å². The number of carbonyl (C=O) groups is 2. The second kappa shape index (κ2) is 3.30. The van der Waals surface area contributed by atoms with Crippen molar-refractivity contribution < 1.29 is 18.7 Å². The van der Waals surface area contributed by atoms with Crippen LogP contribution in [0.15, 0.2) is 28.7 Å². The van der Waals surface area contributed by atoms with Crippen LogP contribution in [0.1, 0.15) is 0 Å². The standard InChI is InChI=1S/C9H7FN2O3/c1-15-9(14)5-2-4(10)3-6-7(5)8(13)12-11-6/h2-3,7H,1H3,(H,12,13). The molecule has 78 valence electrons. The number of esters is 1. The fourth-order valence-electron chi connectivity index (χ4n) is 1.51. The molecule has 6 heteroatoms. The maximum Gasteiger partial charge on any atom is 0.335 e. The zero-order valence-electron chi connectivity index (χ0n) is 7.78. The van der Waals surface area contributed by atoms with Crippen molar-refractivity contribution in [3.63, 3.8) is 0 Å². The van der Waals surface area contributed by atoms with Gasteiger partial charge in [-0.25, -0.2) is 14.6 Å². The molecule has 0 aromatic carbocycles. The smallest absolute Gasteiger partial charge is 0.335 e. The Balaban J connectivity index is 2.44. The predicted octanol–water partition coefficient (Wildman–Crippen LogP) is 0.0548. The molecule has 0 fully saturated rings. The van der Waals surface area contributed by atoms with Crippen molar-refractivity contribution in [1.29, 1.82) is 0 Å². The van der Waals surface area contributed by atoms with Gasteiger partial charge in [0, 0.05) is 0 Å². The normalized spacial score (nSPS) is 23.5. The summed E-state index contributed by atoms with van der Waals surface area (Å²) >= 11 is 0.